The average Bonchev–Trinajstić information content (AvgIpc) is 2.25. The second-order valence-corrected chi connectivity index (χ2v) is 5.18. The molecular formula is C14H22N2O2. The van der Waals surface area contributed by atoms with Crippen LogP contribution in [0.3, 0.4) is 0 Å². The molecule has 0 radical (unpaired) electrons. The van der Waals surface area contributed by atoms with Crippen LogP contribution in [-0.2, 0) is 4.79 Å². The topological polar surface area (TPSA) is 64.3 Å². The molecule has 0 unspecified atom stereocenters. The number of nitrogens with one attached hydrogen (secondary N) is 1. The Morgan fingerprint density at radius 1 is 1.44 bits per heavy atom. The summed E-state index contributed by atoms with van der Waals surface area (Å²) in [4.78, 5) is 11.5. The van der Waals surface area contributed by atoms with E-state index >= 15 is 0 Å². The van der Waals surface area contributed by atoms with Crippen LogP contribution >= 0.6 is 0 Å². The van der Waals surface area contributed by atoms with E-state index in [-0.39, 0.29) is 11.4 Å². The summed E-state index contributed by atoms with van der Waals surface area (Å²) < 4.78 is 5.50. The van der Waals surface area contributed by atoms with Gasteiger partial charge in [-0.1, -0.05) is 12.1 Å². The predicted molar refractivity (Wildman–Crippen MR) is 72.6 cm³/mol. The molecule has 0 fully saturated rings. The molecule has 1 amide bonds. The van der Waals surface area contributed by atoms with E-state index in [2.05, 4.69) is 5.32 Å². The van der Waals surface area contributed by atoms with Crippen molar-refractivity contribution >= 4 is 5.91 Å². The van der Waals surface area contributed by atoms with E-state index in [0.717, 1.165) is 11.3 Å². The Kier molecular flexibility index (Phi) is 5.16. The standard InChI is InChI=1S/C14H22N2O2/c1-11-5-4-6-12(9-11)18-8-7-13(17)16-10-14(2,3)15/h4-6,9H,7-8,10,15H2,1-3H3,(H,16,17). The number of hydrogen-bond donors (Lipinski definition) is 2. The van der Waals surface area contributed by atoms with Crippen molar-refractivity contribution in [2.45, 2.75) is 32.7 Å². The zero-order valence-electron chi connectivity index (χ0n) is 11.3. The van der Waals surface area contributed by atoms with Crippen LogP contribution in [-0.4, -0.2) is 24.6 Å². The zero-order valence-corrected chi connectivity index (χ0v) is 11.3. The molecule has 3 N–H and O–H groups in total. The van der Waals surface area contributed by atoms with E-state index in [0.29, 0.717) is 19.6 Å². The number of benzene rings is 1. The Morgan fingerprint density at radius 3 is 2.78 bits per heavy atom. The Labute approximate surface area is 109 Å². The minimum Gasteiger partial charge on any atom is -0.493 e. The van der Waals surface area contributed by atoms with Gasteiger partial charge < -0.3 is 15.8 Å². The highest BCUT2D eigenvalue weighted by atomic mass is 16.5. The van der Waals surface area contributed by atoms with Crippen molar-refractivity contribution < 1.29 is 9.53 Å². The molecule has 0 atom stereocenters. The average molecular weight is 250 g/mol. The third-order valence-corrected chi connectivity index (χ3v) is 2.33. The number of carbonyl (C=O) groups is 1. The quantitative estimate of drug-likeness (QED) is 0.806. The molecule has 0 aromatic heterocycles. The van der Waals surface area contributed by atoms with Crippen LogP contribution in [0.2, 0.25) is 0 Å². The lowest BCUT2D eigenvalue weighted by Gasteiger charge is -2.18. The molecule has 0 saturated carbocycles. The number of amides is 1. The van der Waals surface area contributed by atoms with Crippen molar-refractivity contribution in [2.75, 3.05) is 13.2 Å². The summed E-state index contributed by atoms with van der Waals surface area (Å²) in [5.74, 6) is 0.753. The number of hydrogen-bond acceptors (Lipinski definition) is 3. The third kappa shape index (κ3) is 6.25. The first kappa shape index (κ1) is 14.5. The minimum atomic E-state index is -0.382. The molecule has 1 aromatic rings. The van der Waals surface area contributed by atoms with Crippen LogP contribution in [0.1, 0.15) is 25.8 Å². The Morgan fingerprint density at radius 2 is 2.17 bits per heavy atom. The van der Waals surface area contributed by atoms with Gasteiger partial charge in [-0.2, -0.15) is 0 Å². The first-order chi connectivity index (χ1) is 8.37. The number of ether oxygens (including phenoxy) is 1. The smallest absolute Gasteiger partial charge is 0.223 e. The summed E-state index contributed by atoms with van der Waals surface area (Å²) in [6.07, 6.45) is 0.337. The minimum absolute atomic E-state index is 0.0406. The summed E-state index contributed by atoms with van der Waals surface area (Å²) >= 11 is 0. The van der Waals surface area contributed by atoms with Crippen LogP contribution in [0.15, 0.2) is 24.3 Å². The van der Waals surface area contributed by atoms with Gasteiger partial charge in [0, 0.05) is 12.1 Å². The number of nitrogens with two attached hydrogens (primary N) is 1. The molecule has 0 bridgehead atoms. The van der Waals surface area contributed by atoms with Crippen molar-refractivity contribution in [3.05, 3.63) is 29.8 Å². The predicted octanol–water partition coefficient (Wildman–Crippen LogP) is 1.62. The second-order valence-electron chi connectivity index (χ2n) is 5.18. The molecule has 100 valence electrons. The first-order valence-corrected chi connectivity index (χ1v) is 6.12. The van der Waals surface area contributed by atoms with Crippen molar-refractivity contribution in [1.82, 2.24) is 5.32 Å². The summed E-state index contributed by atoms with van der Waals surface area (Å²) in [5, 5.41) is 2.78. The van der Waals surface area contributed by atoms with Gasteiger partial charge in [0.25, 0.3) is 0 Å². The molecule has 0 aliphatic carbocycles. The fourth-order valence-corrected chi connectivity index (χ4v) is 1.38. The number of rotatable bonds is 6. The lowest BCUT2D eigenvalue weighted by Crippen LogP contribution is -2.45. The molecule has 0 heterocycles. The molecule has 0 aliphatic heterocycles. The first-order valence-electron chi connectivity index (χ1n) is 6.12. The lowest BCUT2D eigenvalue weighted by molar-refractivity contribution is -0.121. The van der Waals surface area contributed by atoms with Gasteiger partial charge in [-0.15, -0.1) is 0 Å². The van der Waals surface area contributed by atoms with E-state index in [9.17, 15) is 4.79 Å². The molecule has 1 rings (SSSR count). The van der Waals surface area contributed by atoms with Gasteiger partial charge >= 0.3 is 0 Å². The van der Waals surface area contributed by atoms with Crippen molar-refractivity contribution in [3.8, 4) is 5.75 Å². The van der Waals surface area contributed by atoms with Crippen LogP contribution in [0.25, 0.3) is 0 Å². The molecule has 4 heteroatoms. The SMILES string of the molecule is Cc1cccc(OCCC(=O)NCC(C)(C)N)c1. The van der Waals surface area contributed by atoms with E-state index in [4.69, 9.17) is 10.5 Å². The normalized spacial score (nSPS) is 11.1. The molecular weight excluding hydrogens is 228 g/mol. The van der Waals surface area contributed by atoms with Crippen LogP contribution in [0.4, 0.5) is 0 Å². The van der Waals surface area contributed by atoms with Gasteiger partial charge in [0.1, 0.15) is 5.75 Å². The molecule has 1 aromatic carbocycles. The van der Waals surface area contributed by atoms with Gasteiger partial charge in [0.2, 0.25) is 5.91 Å². The zero-order chi connectivity index (χ0) is 13.6. The molecule has 0 saturated heterocycles. The summed E-state index contributed by atoms with van der Waals surface area (Å²) in [5.41, 5.74) is 6.53. The number of aryl methyl sites for hydroxylation is 1. The Balaban J connectivity index is 2.23. The highest BCUT2D eigenvalue weighted by molar-refractivity contribution is 5.76. The Hall–Kier alpha value is -1.55. The maximum absolute atomic E-state index is 11.5. The number of carbonyl (C=O) groups excluding carboxylic acids is 1. The van der Waals surface area contributed by atoms with Crippen molar-refractivity contribution in [2.24, 2.45) is 5.73 Å². The second kappa shape index (κ2) is 6.40. The Bertz CT molecular complexity index is 397. The molecule has 4 nitrogen and oxygen atoms in total. The van der Waals surface area contributed by atoms with E-state index in [1.807, 2.05) is 45.0 Å². The fraction of sp³-hybridized carbons (Fsp3) is 0.500. The summed E-state index contributed by atoms with van der Waals surface area (Å²) in [6, 6.07) is 7.76. The summed E-state index contributed by atoms with van der Waals surface area (Å²) in [6.45, 7) is 6.59. The largest absolute Gasteiger partial charge is 0.493 e. The lowest BCUT2D eigenvalue weighted by atomic mass is 10.1. The van der Waals surface area contributed by atoms with Gasteiger partial charge in [-0.3, -0.25) is 4.79 Å². The third-order valence-electron chi connectivity index (χ3n) is 2.33. The van der Waals surface area contributed by atoms with Crippen molar-refractivity contribution in [3.63, 3.8) is 0 Å². The maximum atomic E-state index is 11.5. The summed E-state index contributed by atoms with van der Waals surface area (Å²) in [7, 11) is 0. The molecule has 18 heavy (non-hydrogen) atoms. The highest BCUT2D eigenvalue weighted by Crippen LogP contribution is 2.12. The maximum Gasteiger partial charge on any atom is 0.223 e. The van der Waals surface area contributed by atoms with E-state index in [1.165, 1.54) is 0 Å². The molecule has 0 spiro atoms. The van der Waals surface area contributed by atoms with Gasteiger partial charge in [0.05, 0.1) is 13.0 Å². The fourth-order valence-electron chi connectivity index (χ4n) is 1.38. The monoisotopic (exact) mass is 250 g/mol. The van der Waals surface area contributed by atoms with Gasteiger partial charge in [0.15, 0.2) is 0 Å². The van der Waals surface area contributed by atoms with Gasteiger partial charge in [-0.05, 0) is 38.5 Å². The molecule has 0 aliphatic rings. The van der Waals surface area contributed by atoms with Crippen molar-refractivity contribution in [1.29, 1.82) is 0 Å². The van der Waals surface area contributed by atoms with Crippen LogP contribution in [0, 0.1) is 6.92 Å². The van der Waals surface area contributed by atoms with E-state index in [1.54, 1.807) is 0 Å². The van der Waals surface area contributed by atoms with Crippen LogP contribution < -0.4 is 15.8 Å². The highest BCUT2D eigenvalue weighted by Gasteiger charge is 2.11. The van der Waals surface area contributed by atoms with E-state index < -0.39 is 0 Å². The van der Waals surface area contributed by atoms with Crippen LogP contribution in [0.5, 0.6) is 5.75 Å². The van der Waals surface area contributed by atoms with Gasteiger partial charge in [-0.25, -0.2) is 0 Å².